The SMILES string of the molecule is C[C@H](NC(=O)C1(c2ccccc2)CCN(C(=O)N2CCC(c3ccccc3)CC2)CC1)c1ccccc1. The highest BCUT2D eigenvalue weighted by atomic mass is 16.2. The maximum atomic E-state index is 13.8. The number of hydrogen-bond donors (Lipinski definition) is 1. The summed E-state index contributed by atoms with van der Waals surface area (Å²) >= 11 is 0. The van der Waals surface area contributed by atoms with E-state index >= 15 is 0 Å². The van der Waals surface area contributed by atoms with E-state index in [-0.39, 0.29) is 18.0 Å². The molecule has 0 radical (unpaired) electrons. The van der Waals surface area contributed by atoms with Crippen LogP contribution in [-0.2, 0) is 10.2 Å². The van der Waals surface area contributed by atoms with Crippen LogP contribution in [0.2, 0.25) is 0 Å². The number of benzene rings is 3. The first-order valence-electron chi connectivity index (χ1n) is 13.6. The fourth-order valence-corrected chi connectivity index (χ4v) is 5.97. The number of piperidine rings is 2. The number of hydrogen-bond acceptors (Lipinski definition) is 2. The van der Waals surface area contributed by atoms with Crippen LogP contribution in [0.15, 0.2) is 91.0 Å². The van der Waals surface area contributed by atoms with Crippen LogP contribution in [-0.4, -0.2) is 47.9 Å². The van der Waals surface area contributed by atoms with E-state index in [1.165, 1.54) is 5.56 Å². The molecule has 2 aliphatic heterocycles. The van der Waals surface area contributed by atoms with Gasteiger partial charge in [-0.25, -0.2) is 4.79 Å². The Labute approximate surface area is 220 Å². The zero-order valence-electron chi connectivity index (χ0n) is 21.7. The van der Waals surface area contributed by atoms with Crippen LogP contribution in [0.3, 0.4) is 0 Å². The third-order valence-electron chi connectivity index (χ3n) is 8.33. The molecule has 2 saturated heterocycles. The Morgan fingerprint density at radius 2 is 1.27 bits per heavy atom. The van der Waals surface area contributed by atoms with Crippen molar-refractivity contribution in [2.75, 3.05) is 26.2 Å². The highest BCUT2D eigenvalue weighted by Crippen LogP contribution is 2.37. The van der Waals surface area contributed by atoms with Crippen molar-refractivity contribution in [2.24, 2.45) is 0 Å². The maximum Gasteiger partial charge on any atom is 0.319 e. The van der Waals surface area contributed by atoms with Gasteiger partial charge in [0.25, 0.3) is 0 Å². The lowest BCUT2D eigenvalue weighted by molar-refractivity contribution is -0.129. The molecule has 0 unspecified atom stereocenters. The highest BCUT2D eigenvalue weighted by molar-refractivity contribution is 5.89. The predicted molar refractivity (Wildman–Crippen MR) is 147 cm³/mol. The predicted octanol–water partition coefficient (Wildman–Crippen LogP) is 5.90. The van der Waals surface area contributed by atoms with Gasteiger partial charge in [0.1, 0.15) is 0 Å². The molecule has 1 N–H and O–H groups in total. The highest BCUT2D eigenvalue weighted by Gasteiger charge is 2.44. The minimum Gasteiger partial charge on any atom is -0.349 e. The van der Waals surface area contributed by atoms with Gasteiger partial charge in [-0.3, -0.25) is 4.79 Å². The molecule has 3 amide bonds. The molecule has 3 aromatic rings. The number of carbonyl (C=O) groups excluding carboxylic acids is 2. The summed E-state index contributed by atoms with van der Waals surface area (Å²) in [6.45, 7) is 4.77. The Morgan fingerprint density at radius 3 is 1.86 bits per heavy atom. The van der Waals surface area contributed by atoms with Crippen molar-refractivity contribution in [3.63, 3.8) is 0 Å². The van der Waals surface area contributed by atoms with Crippen LogP contribution >= 0.6 is 0 Å². The van der Waals surface area contributed by atoms with Crippen molar-refractivity contribution in [1.29, 1.82) is 0 Å². The number of nitrogens with one attached hydrogen (secondary N) is 1. The molecule has 5 heteroatoms. The number of nitrogens with zero attached hydrogens (tertiary/aromatic N) is 2. The third-order valence-corrected chi connectivity index (χ3v) is 8.33. The van der Waals surface area contributed by atoms with Crippen LogP contribution < -0.4 is 5.32 Å². The van der Waals surface area contributed by atoms with E-state index in [0.717, 1.165) is 37.1 Å². The second kappa shape index (κ2) is 11.2. The molecule has 1 atom stereocenters. The van der Waals surface area contributed by atoms with Gasteiger partial charge in [-0.05, 0) is 55.2 Å². The van der Waals surface area contributed by atoms with Gasteiger partial charge in [-0.15, -0.1) is 0 Å². The van der Waals surface area contributed by atoms with Crippen molar-refractivity contribution in [1.82, 2.24) is 15.1 Å². The van der Waals surface area contributed by atoms with Crippen LogP contribution in [0.1, 0.15) is 61.3 Å². The summed E-state index contributed by atoms with van der Waals surface area (Å²) in [5, 5.41) is 3.28. The summed E-state index contributed by atoms with van der Waals surface area (Å²) in [4.78, 5) is 31.2. The number of urea groups is 1. The lowest BCUT2D eigenvalue weighted by Crippen LogP contribution is -2.55. The maximum absolute atomic E-state index is 13.8. The normalized spacial score (nSPS) is 18.7. The summed E-state index contributed by atoms with van der Waals surface area (Å²) in [5.74, 6) is 0.568. The van der Waals surface area contributed by atoms with Crippen LogP contribution in [0.5, 0.6) is 0 Å². The standard InChI is InChI=1S/C32H37N3O2/c1-25(26-11-5-2-6-12-26)33-30(36)32(29-15-9-4-10-16-29)19-23-35(24-20-32)31(37)34-21-17-28(18-22-34)27-13-7-3-8-14-27/h2-16,25,28H,17-24H2,1H3,(H,33,36)/t25-/m0/s1. The topological polar surface area (TPSA) is 52.7 Å². The van der Waals surface area contributed by atoms with Gasteiger partial charge >= 0.3 is 6.03 Å². The molecule has 2 fully saturated rings. The summed E-state index contributed by atoms with van der Waals surface area (Å²) in [5.41, 5.74) is 2.85. The average Bonchev–Trinajstić information content (AvgIpc) is 2.98. The molecule has 0 aromatic heterocycles. The summed E-state index contributed by atoms with van der Waals surface area (Å²) in [6, 6.07) is 30.8. The first-order chi connectivity index (χ1) is 18.1. The quantitative estimate of drug-likeness (QED) is 0.479. The average molecular weight is 496 g/mol. The first kappa shape index (κ1) is 25.1. The molecule has 5 nitrogen and oxygen atoms in total. The molecule has 0 saturated carbocycles. The van der Waals surface area contributed by atoms with Gasteiger partial charge in [0.05, 0.1) is 11.5 Å². The molecule has 2 aliphatic rings. The Balaban J connectivity index is 1.24. The minimum absolute atomic E-state index is 0.0471. The molecule has 0 aliphatic carbocycles. The van der Waals surface area contributed by atoms with E-state index < -0.39 is 5.41 Å². The molecule has 2 heterocycles. The van der Waals surface area contributed by atoms with Crippen molar-refractivity contribution >= 4 is 11.9 Å². The van der Waals surface area contributed by atoms with E-state index in [2.05, 4.69) is 47.8 Å². The van der Waals surface area contributed by atoms with Gasteiger partial charge in [-0.2, -0.15) is 0 Å². The third kappa shape index (κ3) is 5.41. The van der Waals surface area contributed by atoms with Gasteiger partial charge in [0.2, 0.25) is 5.91 Å². The zero-order valence-corrected chi connectivity index (χ0v) is 21.7. The summed E-state index contributed by atoms with van der Waals surface area (Å²) in [7, 11) is 0. The molecule has 37 heavy (non-hydrogen) atoms. The van der Waals surface area contributed by atoms with E-state index in [1.54, 1.807) is 0 Å². The Bertz CT molecular complexity index is 1170. The number of rotatable bonds is 5. The van der Waals surface area contributed by atoms with Crippen molar-refractivity contribution in [3.8, 4) is 0 Å². The second-order valence-electron chi connectivity index (χ2n) is 10.5. The van der Waals surface area contributed by atoms with E-state index in [9.17, 15) is 9.59 Å². The summed E-state index contributed by atoms with van der Waals surface area (Å²) in [6.07, 6.45) is 3.24. The monoisotopic (exact) mass is 495 g/mol. The van der Waals surface area contributed by atoms with Crippen LogP contribution in [0, 0.1) is 0 Å². The van der Waals surface area contributed by atoms with Gasteiger partial charge < -0.3 is 15.1 Å². The smallest absolute Gasteiger partial charge is 0.319 e. The van der Waals surface area contributed by atoms with Crippen molar-refractivity contribution < 1.29 is 9.59 Å². The Kier molecular flexibility index (Phi) is 7.59. The summed E-state index contributed by atoms with van der Waals surface area (Å²) < 4.78 is 0. The van der Waals surface area contributed by atoms with Crippen molar-refractivity contribution in [2.45, 2.75) is 50.0 Å². The van der Waals surface area contributed by atoms with Crippen molar-refractivity contribution in [3.05, 3.63) is 108 Å². The Hall–Kier alpha value is -3.60. The van der Waals surface area contributed by atoms with E-state index in [0.29, 0.717) is 31.8 Å². The lowest BCUT2D eigenvalue weighted by atomic mass is 9.71. The number of likely N-dealkylation sites (tertiary alicyclic amines) is 2. The molecule has 0 spiro atoms. The zero-order chi connectivity index (χ0) is 25.7. The van der Waals surface area contributed by atoms with E-state index in [1.807, 2.05) is 65.3 Å². The molecule has 192 valence electrons. The number of carbonyl (C=O) groups is 2. The van der Waals surface area contributed by atoms with Gasteiger partial charge in [0.15, 0.2) is 0 Å². The molecular weight excluding hydrogens is 458 g/mol. The molecular formula is C32H37N3O2. The Morgan fingerprint density at radius 1 is 0.757 bits per heavy atom. The molecule has 5 rings (SSSR count). The molecule has 3 aromatic carbocycles. The van der Waals surface area contributed by atoms with Crippen LogP contribution in [0.4, 0.5) is 4.79 Å². The fourth-order valence-electron chi connectivity index (χ4n) is 5.97. The fraction of sp³-hybridized carbons (Fsp3) is 0.375. The van der Waals surface area contributed by atoms with E-state index in [4.69, 9.17) is 0 Å². The minimum atomic E-state index is -0.638. The second-order valence-corrected chi connectivity index (χ2v) is 10.5. The number of amides is 3. The van der Waals surface area contributed by atoms with Crippen LogP contribution in [0.25, 0.3) is 0 Å². The van der Waals surface area contributed by atoms with Gasteiger partial charge in [0, 0.05) is 26.2 Å². The van der Waals surface area contributed by atoms with Gasteiger partial charge in [-0.1, -0.05) is 91.0 Å². The largest absolute Gasteiger partial charge is 0.349 e. The lowest BCUT2D eigenvalue weighted by Gasteiger charge is -2.43. The first-order valence-corrected chi connectivity index (χ1v) is 13.6. The molecule has 0 bridgehead atoms.